The van der Waals surface area contributed by atoms with Crippen molar-refractivity contribution >= 4 is 5.69 Å². The van der Waals surface area contributed by atoms with E-state index in [0.29, 0.717) is 18.8 Å². The third kappa shape index (κ3) is 2.87. The summed E-state index contributed by atoms with van der Waals surface area (Å²) < 4.78 is 10.4. The van der Waals surface area contributed by atoms with Gasteiger partial charge in [0.25, 0.3) is 0 Å². The summed E-state index contributed by atoms with van der Waals surface area (Å²) in [7, 11) is 1.61. The van der Waals surface area contributed by atoms with Gasteiger partial charge < -0.3 is 14.9 Å². The zero-order valence-electron chi connectivity index (χ0n) is 9.77. The van der Waals surface area contributed by atoms with Gasteiger partial charge in [-0.25, -0.2) is 5.01 Å². The minimum Gasteiger partial charge on any atom is -0.497 e. The van der Waals surface area contributed by atoms with Crippen LogP contribution >= 0.6 is 0 Å². The predicted octanol–water partition coefficient (Wildman–Crippen LogP) is 1.23. The number of nitriles is 1. The number of hydrogen-bond acceptors (Lipinski definition) is 5. The maximum absolute atomic E-state index is 9.04. The van der Waals surface area contributed by atoms with Crippen LogP contribution in [0, 0.1) is 11.3 Å². The van der Waals surface area contributed by atoms with Crippen LogP contribution in [0.4, 0.5) is 5.69 Å². The van der Waals surface area contributed by atoms with E-state index in [1.165, 1.54) is 0 Å². The summed E-state index contributed by atoms with van der Waals surface area (Å²) in [5, 5.41) is 11.1. The molecule has 0 spiro atoms. The average Bonchev–Trinajstić information content (AvgIpc) is 2.40. The first-order valence-corrected chi connectivity index (χ1v) is 5.51. The molecule has 17 heavy (non-hydrogen) atoms. The van der Waals surface area contributed by atoms with E-state index in [9.17, 15) is 0 Å². The van der Waals surface area contributed by atoms with E-state index >= 15 is 0 Å². The maximum atomic E-state index is 9.04. The minimum atomic E-state index is 0.609. The molecule has 5 nitrogen and oxygen atoms in total. The molecule has 0 saturated carbocycles. The van der Waals surface area contributed by atoms with Gasteiger partial charge in [0.15, 0.2) is 0 Å². The average molecular weight is 233 g/mol. The van der Waals surface area contributed by atoms with Crippen molar-refractivity contribution in [2.24, 2.45) is 0 Å². The molecule has 0 aliphatic carbocycles. The van der Waals surface area contributed by atoms with Crippen LogP contribution in [0.25, 0.3) is 0 Å². The molecule has 90 valence electrons. The monoisotopic (exact) mass is 233 g/mol. The predicted molar refractivity (Wildman–Crippen MR) is 63.7 cm³/mol. The summed E-state index contributed by atoms with van der Waals surface area (Å²) in [4.78, 5) is 0. The number of nitrogens with one attached hydrogen (secondary N) is 1. The topological polar surface area (TPSA) is 57.5 Å². The zero-order valence-corrected chi connectivity index (χ0v) is 9.77. The first kappa shape index (κ1) is 11.7. The van der Waals surface area contributed by atoms with Gasteiger partial charge in [0.05, 0.1) is 31.6 Å². The summed E-state index contributed by atoms with van der Waals surface area (Å²) >= 11 is 0. The second-order valence-corrected chi connectivity index (χ2v) is 3.73. The molecule has 1 aromatic carbocycles. The van der Waals surface area contributed by atoms with E-state index in [4.69, 9.17) is 14.7 Å². The van der Waals surface area contributed by atoms with E-state index in [0.717, 1.165) is 24.5 Å². The van der Waals surface area contributed by atoms with Crippen molar-refractivity contribution < 1.29 is 9.47 Å². The molecule has 1 fully saturated rings. The van der Waals surface area contributed by atoms with Gasteiger partial charge in [-0.05, 0) is 12.1 Å². The molecule has 5 heteroatoms. The highest BCUT2D eigenvalue weighted by molar-refractivity contribution is 5.59. The molecule has 0 unspecified atom stereocenters. The Morgan fingerprint density at radius 2 is 2.18 bits per heavy atom. The third-order valence-corrected chi connectivity index (χ3v) is 2.64. The van der Waals surface area contributed by atoms with Gasteiger partial charge in [-0.3, -0.25) is 0 Å². The molecule has 1 heterocycles. The second kappa shape index (κ2) is 5.53. The molecule has 1 saturated heterocycles. The summed E-state index contributed by atoms with van der Waals surface area (Å²) in [5.74, 6) is 0.736. The van der Waals surface area contributed by atoms with Crippen LogP contribution in [0.2, 0.25) is 0 Å². The number of methoxy groups -OCH3 is 1. The van der Waals surface area contributed by atoms with Crippen molar-refractivity contribution in [1.82, 2.24) is 5.01 Å². The van der Waals surface area contributed by atoms with E-state index in [1.807, 2.05) is 11.1 Å². The lowest BCUT2D eigenvalue weighted by atomic mass is 10.2. The van der Waals surface area contributed by atoms with Gasteiger partial charge >= 0.3 is 0 Å². The fourth-order valence-corrected chi connectivity index (χ4v) is 1.69. The normalized spacial score (nSPS) is 16.2. The minimum absolute atomic E-state index is 0.609. The Hall–Kier alpha value is -1.77. The Kier molecular flexibility index (Phi) is 3.81. The Bertz CT molecular complexity index is 422. The standard InChI is InChI=1S/C12H15N3O2/c1-16-11-3-2-10(9-13)12(8-11)14-15-4-6-17-7-5-15/h2-3,8,14H,4-7H2,1H3. The molecule has 0 aromatic heterocycles. The van der Waals surface area contributed by atoms with E-state index < -0.39 is 0 Å². The number of anilines is 1. The smallest absolute Gasteiger partial charge is 0.121 e. The molecule has 1 N–H and O–H groups in total. The number of nitrogens with zero attached hydrogens (tertiary/aromatic N) is 2. The summed E-state index contributed by atoms with van der Waals surface area (Å²) in [6.07, 6.45) is 0. The Labute approximate surface area is 101 Å². The molecule has 0 bridgehead atoms. The highest BCUT2D eigenvalue weighted by Crippen LogP contribution is 2.22. The molecule has 1 aliphatic rings. The van der Waals surface area contributed by atoms with Crippen LogP contribution in [0.15, 0.2) is 18.2 Å². The second-order valence-electron chi connectivity index (χ2n) is 3.73. The Morgan fingerprint density at radius 3 is 2.82 bits per heavy atom. The molecule has 0 radical (unpaired) electrons. The van der Waals surface area contributed by atoms with Gasteiger partial charge in [0.1, 0.15) is 11.8 Å². The number of morpholine rings is 1. The van der Waals surface area contributed by atoms with Crippen molar-refractivity contribution in [1.29, 1.82) is 5.26 Å². The van der Waals surface area contributed by atoms with E-state index in [-0.39, 0.29) is 0 Å². The van der Waals surface area contributed by atoms with E-state index in [1.54, 1.807) is 19.2 Å². The lowest BCUT2D eigenvalue weighted by molar-refractivity contribution is 0.0497. The lowest BCUT2D eigenvalue weighted by Gasteiger charge is -2.28. The van der Waals surface area contributed by atoms with Crippen LogP contribution < -0.4 is 10.2 Å². The summed E-state index contributed by atoms with van der Waals surface area (Å²) in [6.45, 7) is 3.03. The lowest BCUT2D eigenvalue weighted by Crippen LogP contribution is -2.40. The van der Waals surface area contributed by atoms with Gasteiger partial charge in [-0.1, -0.05) is 0 Å². The van der Waals surface area contributed by atoms with Crippen molar-refractivity contribution in [2.75, 3.05) is 38.8 Å². The molecule has 0 amide bonds. The van der Waals surface area contributed by atoms with Crippen molar-refractivity contribution in [2.45, 2.75) is 0 Å². The molecule has 0 atom stereocenters. The number of benzene rings is 1. The van der Waals surface area contributed by atoms with Crippen molar-refractivity contribution in [3.05, 3.63) is 23.8 Å². The SMILES string of the molecule is COc1ccc(C#N)c(NN2CCOCC2)c1. The van der Waals surface area contributed by atoms with Crippen LogP contribution in [0.5, 0.6) is 5.75 Å². The summed E-state index contributed by atoms with van der Waals surface area (Å²) in [5.41, 5.74) is 4.61. The Morgan fingerprint density at radius 1 is 1.41 bits per heavy atom. The first-order valence-electron chi connectivity index (χ1n) is 5.51. The van der Waals surface area contributed by atoms with Crippen molar-refractivity contribution in [3.63, 3.8) is 0 Å². The number of hydrazine groups is 1. The first-order chi connectivity index (χ1) is 8.33. The third-order valence-electron chi connectivity index (χ3n) is 2.64. The highest BCUT2D eigenvalue weighted by atomic mass is 16.5. The molecular formula is C12H15N3O2. The fraction of sp³-hybridized carbons (Fsp3) is 0.417. The fourth-order valence-electron chi connectivity index (χ4n) is 1.69. The number of hydrogen-bond donors (Lipinski definition) is 1. The van der Waals surface area contributed by atoms with Crippen LogP contribution in [-0.2, 0) is 4.74 Å². The van der Waals surface area contributed by atoms with Crippen LogP contribution in [-0.4, -0.2) is 38.4 Å². The van der Waals surface area contributed by atoms with Crippen LogP contribution in [0.1, 0.15) is 5.56 Å². The Balaban J connectivity index is 2.14. The quantitative estimate of drug-likeness (QED) is 0.850. The van der Waals surface area contributed by atoms with Gasteiger partial charge in [-0.2, -0.15) is 5.26 Å². The van der Waals surface area contributed by atoms with Crippen LogP contribution in [0.3, 0.4) is 0 Å². The van der Waals surface area contributed by atoms with Gasteiger partial charge in [0.2, 0.25) is 0 Å². The zero-order chi connectivity index (χ0) is 12.1. The van der Waals surface area contributed by atoms with Crippen molar-refractivity contribution in [3.8, 4) is 11.8 Å². The molecule has 1 aliphatic heterocycles. The van der Waals surface area contributed by atoms with Gasteiger partial charge in [0, 0.05) is 19.2 Å². The molecule has 1 aromatic rings. The molecule has 2 rings (SSSR count). The summed E-state index contributed by atoms with van der Waals surface area (Å²) in [6, 6.07) is 7.52. The number of rotatable bonds is 3. The maximum Gasteiger partial charge on any atom is 0.121 e. The van der Waals surface area contributed by atoms with Gasteiger partial charge in [-0.15, -0.1) is 0 Å². The van der Waals surface area contributed by atoms with E-state index in [2.05, 4.69) is 11.5 Å². The largest absolute Gasteiger partial charge is 0.497 e. The highest BCUT2D eigenvalue weighted by Gasteiger charge is 2.12. The molecular weight excluding hydrogens is 218 g/mol. The number of ether oxygens (including phenoxy) is 2.